The highest BCUT2D eigenvalue weighted by Gasteiger charge is 2.62. The first-order valence-electron chi connectivity index (χ1n) is 13.6. The number of imide groups is 1. The first-order valence-corrected chi connectivity index (χ1v) is 16.5. The van der Waals surface area contributed by atoms with Gasteiger partial charge >= 0.3 is 5.30 Å². The van der Waals surface area contributed by atoms with Crippen molar-refractivity contribution in [3.8, 4) is 0 Å². The van der Waals surface area contributed by atoms with Crippen molar-refractivity contribution in [1.29, 1.82) is 0 Å². The van der Waals surface area contributed by atoms with Gasteiger partial charge in [-0.3, -0.25) is 24.6 Å². The lowest BCUT2D eigenvalue weighted by molar-refractivity contribution is -0.384. The molecule has 4 rings (SSSR count). The van der Waals surface area contributed by atoms with Crippen molar-refractivity contribution >= 4 is 53.3 Å². The summed E-state index contributed by atoms with van der Waals surface area (Å²) in [5.74, 6) is -0.519. The fraction of sp³-hybridized carbons (Fsp3) is 0.323. The van der Waals surface area contributed by atoms with Gasteiger partial charge in [-0.2, -0.15) is 0 Å². The van der Waals surface area contributed by atoms with Crippen molar-refractivity contribution < 1.29 is 28.5 Å². The zero-order valence-corrected chi connectivity index (χ0v) is 25.9. The fourth-order valence-corrected chi connectivity index (χ4v) is 10.8. The Bertz CT molecular complexity index is 1410. The number of thioether (sulfide) groups is 1. The smallest absolute Gasteiger partial charge is 0.367 e. The van der Waals surface area contributed by atoms with Crippen LogP contribution in [0.15, 0.2) is 84.9 Å². The Morgan fingerprint density at radius 1 is 0.976 bits per heavy atom. The van der Waals surface area contributed by atoms with E-state index in [1.807, 2.05) is 60.7 Å². The Kier molecular flexibility index (Phi) is 9.34. The van der Waals surface area contributed by atoms with Gasteiger partial charge in [0, 0.05) is 24.8 Å². The molecule has 1 saturated heterocycles. The predicted molar refractivity (Wildman–Crippen MR) is 164 cm³/mol. The number of rotatable bonds is 10. The van der Waals surface area contributed by atoms with E-state index in [1.165, 1.54) is 36.1 Å². The Labute approximate surface area is 250 Å². The number of carbonyl (C=O) groups is 3. The summed E-state index contributed by atoms with van der Waals surface area (Å²) in [6.07, 6.45) is 0.206. The van der Waals surface area contributed by atoms with Gasteiger partial charge in [0.15, 0.2) is 5.60 Å². The van der Waals surface area contributed by atoms with Crippen molar-refractivity contribution in [2.75, 3.05) is 12.3 Å². The second-order valence-electron chi connectivity index (χ2n) is 11.2. The van der Waals surface area contributed by atoms with E-state index in [0.717, 1.165) is 22.1 Å². The molecule has 0 aliphatic carbocycles. The minimum absolute atomic E-state index is 0.0371. The molecule has 3 aromatic rings. The summed E-state index contributed by atoms with van der Waals surface area (Å²) in [7, 11) is -3.14. The van der Waals surface area contributed by atoms with Crippen LogP contribution in [-0.4, -0.2) is 53.2 Å². The van der Waals surface area contributed by atoms with Crippen LogP contribution in [0.3, 0.4) is 0 Å². The Hall–Kier alpha value is -3.80. The number of nitro benzene ring substituents is 1. The lowest BCUT2D eigenvalue weighted by Crippen LogP contribution is -2.77. The van der Waals surface area contributed by atoms with Gasteiger partial charge in [0.2, 0.25) is 5.91 Å². The molecule has 0 N–H and O–H groups in total. The van der Waals surface area contributed by atoms with E-state index in [9.17, 15) is 24.5 Å². The molecule has 1 heterocycles. The summed E-state index contributed by atoms with van der Waals surface area (Å²) in [4.78, 5) is 50.0. The maximum Gasteiger partial charge on any atom is 0.367 e. The van der Waals surface area contributed by atoms with E-state index in [1.54, 1.807) is 0 Å². The largest absolute Gasteiger partial charge is 0.453 e. The maximum absolute atomic E-state index is 13.7. The highest BCUT2D eigenvalue weighted by molar-refractivity contribution is 8.13. The number of hydrogen-bond acceptors (Lipinski definition) is 8. The molecule has 0 radical (unpaired) electrons. The number of non-ortho nitro benzene ring substituents is 1. The average molecular weight is 607 g/mol. The summed E-state index contributed by atoms with van der Waals surface area (Å²) < 4.78 is 12.6. The summed E-state index contributed by atoms with van der Waals surface area (Å²) in [6, 6.07) is 25.6. The van der Waals surface area contributed by atoms with Crippen LogP contribution in [0.5, 0.6) is 0 Å². The predicted octanol–water partition coefficient (Wildman–Crippen LogP) is 5.06. The average Bonchev–Trinajstić information content (AvgIpc) is 2.97. The molecular formula is C31H34N2O7SSi. The van der Waals surface area contributed by atoms with Crippen LogP contribution in [0.4, 0.5) is 10.5 Å². The van der Waals surface area contributed by atoms with E-state index in [0.29, 0.717) is 5.56 Å². The topological polar surface area (TPSA) is 116 Å². The minimum Gasteiger partial charge on any atom is -0.453 e. The number of nitrogens with zero attached hydrogens (tertiary/aromatic N) is 2. The lowest BCUT2D eigenvalue weighted by Gasteiger charge is -2.54. The molecule has 1 fully saturated rings. The molecule has 2 amide bonds. The number of β-lactam (4-membered cyclic amide) rings is 1. The molecule has 11 heteroatoms. The summed E-state index contributed by atoms with van der Waals surface area (Å²) in [6.45, 7) is 7.76. The second-order valence-corrected chi connectivity index (χ2v) is 16.5. The quantitative estimate of drug-likeness (QED) is 0.103. The van der Waals surface area contributed by atoms with Gasteiger partial charge in [0.25, 0.3) is 19.9 Å². The third-order valence-electron chi connectivity index (χ3n) is 7.42. The highest BCUT2D eigenvalue weighted by Crippen LogP contribution is 2.43. The van der Waals surface area contributed by atoms with Crippen LogP contribution in [0.1, 0.15) is 39.7 Å². The van der Waals surface area contributed by atoms with E-state index in [4.69, 9.17) is 9.16 Å². The van der Waals surface area contributed by atoms with Crippen LogP contribution in [-0.2, 0) is 25.4 Å². The number of amides is 2. The van der Waals surface area contributed by atoms with Gasteiger partial charge in [-0.15, -0.1) is 0 Å². The summed E-state index contributed by atoms with van der Waals surface area (Å²) in [5.41, 5.74) is -0.717. The van der Waals surface area contributed by atoms with Crippen molar-refractivity contribution in [3.63, 3.8) is 0 Å². The van der Waals surface area contributed by atoms with Gasteiger partial charge in [-0.05, 0) is 51.3 Å². The molecule has 0 spiro atoms. The molecule has 3 aromatic carbocycles. The second kappa shape index (κ2) is 12.6. The molecule has 0 unspecified atom stereocenters. The van der Waals surface area contributed by atoms with E-state index in [-0.39, 0.29) is 36.9 Å². The first-order chi connectivity index (χ1) is 19.9. The normalized spacial score (nSPS) is 17.0. The molecule has 0 saturated carbocycles. The van der Waals surface area contributed by atoms with E-state index in [2.05, 4.69) is 20.8 Å². The van der Waals surface area contributed by atoms with Crippen molar-refractivity contribution in [2.24, 2.45) is 0 Å². The van der Waals surface area contributed by atoms with Crippen LogP contribution in [0.2, 0.25) is 5.04 Å². The molecule has 0 aromatic heterocycles. The molecule has 42 heavy (non-hydrogen) atoms. The molecular weight excluding hydrogens is 573 g/mol. The molecule has 220 valence electrons. The zero-order chi connectivity index (χ0) is 30.5. The van der Waals surface area contributed by atoms with E-state index >= 15 is 0 Å². The third kappa shape index (κ3) is 6.33. The Morgan fingerprint density at radius 3 is 1.98 bits per heavy atom. The maximum atomic E-state index is 13.7. The molecule has 1 aliphatic rings. The van der Waals surface area contributed by atoms with Gasteiger partial charge in [-0.25, -0.2) is 4.79 Å². The van der Waals surface area contributed by atoms with Crippen LogP contribution in [0.25, 0.3) is 0 Å². The molecule has 1 atom stereocenters. The number of ether oxygens (including phenoxy) is 1. The standard InChI is InChI=1S/C31H34N2O7SSi/c1-23(34)32-22-31(28(32)35,19-20-41-29(36)39-21-24-15-17-25(18-16-24)33(37)38)40-42(30(2,3)4,26-11-7-5-8-12-26)27-13-9-6-10-14-27/h5-18H,19-22H2,1-4H3/t31-/m0/s1. The molecule has 9 nitrogen and oxygen atoms in total. The summed E-state index contributed by atoms with van der Waals surface area (Å²) in [5, 5.41) is 11.9. The molecule has 1 aliphatic heterocycles. The van der Waals surface area contributed by atoms with Crippen LogP contribution >= 0.6 is 11.8 Å². The Balaban J connectivity index is 1.57. The zero-order valence-electron chi connectivity index (χ0n) is 24.1. The van der Waals surface area contributed by atoms with Gasteiger partial charge in [0.05, 0.1) is 11.5 Å². The lowest BCUT2D eigenvalue weighted by atomic mass is 9.90. The highest BCUT2D eigenvalue weighted by atomic mass is 32.2. The van der Waals surface area contributed by atoms with Crippen molar-refractivity contribution in [3.05, 3.63) is 101 Å². The van der Waals surface area contributed by atoms with Gasteiger partial charge < -0.3 is 9.16 Å². The van der Waals surface area contributed by atoms with Crippen LogP contribution < -0.4 is 10.4 Å². The van der Waals surface area contributed by atoms with Crippen molar-refractivity contribution in [2.45, 2.75) is 51.4 Å². The van der Waals surface area contributed by atoms with Gasteiger partial charge in [0.1, 0.15) is 6.61 Å². The number of hydrogen-bond donors (Lipinski definition) is 0. The number of carbonyl (C=O) groups excluding carboxylic acids is 3. The monoisotopic (exact) mass is 606 g/mol. The molecule has 0 bridgehead atoms. The fourth-order valence-electron chi connectivity index (χ4n) is 5.26. The third-order valence-corrected chi connectivity index (χ3v) is 13.3. The number of benzene rings is 3. The van der Waals surface area contributed by atoms with E-state index < -0.39 is 35.1 Å². The summed E-state index contributed by atoms with van der Waals surface area (Å²) >= 11 is 0.927. The number of nitro groups is 1. The number of likely N-dealkylation sites (tertiary alicyclic amines) is 1. The van der Waals surface area contributed by atoms with Crippen LogP contribution in [0, 0.1) is 10.1 Å². The minimum atomic E-state index is -3.14. The SMILES string of the molecule is CC(=O)N1C[C@](CCSC(=O)OCc2ccc([N+](=O)[O-])cc2)(O[Si](c2ccccc2)(c2ccccc2)C(C)(C)C)C1=O. The van der Waals surface area contributed by atoms with Crippen molar-refractivity contribution in [1.82, 2.24) is 4.90 Å². The Morgan fingerprint density at radius 2 is 1.52 bits per heavy atom. The van der Waals surface area contributed by atoms with Gasteiger partial charge in [-0.1, -0.05) is 81.4 Å². The first kappa shape index (κ1) is 31.1.